The Morgan fingerprint density at radius 3 is 2.14 bits per heavy atom. The first kappa shape index (κ1) is 19.9. The summed E-state index contributed by atoms with van der Waals surface area (Å²) in [5.74, 6) is -1.62. The largest absolute Gasteiger partial charge is 0.478 e. The molecule has 0 atom stereocenters. The van der Waals surface area contributed by atoms with Gasteiger partial charge in [0.25, 0.3) is 0 Å². The molecule has 0 saturated heterocycles. The van der Waals surface area contributed by atoms with Crippen LogP contribution in [-0.4, -0.2) is 66.8 Å². The van der Waals surface area contributed by atoms with Gasteiger partial charge in [-0.25, -0.2) is 9.59 Å². The van der Waals surface area contributed by atoms with E-state index in [-0.39, 0.29) is 0 Å². The average Bonchev–Trinajstić information content (AvgIpc) is 2.34. The van der Waals surface area contributed by atoms with Crippen molar-refractivity contribution in [3.63, 3.8) is 0 Å². The quantitative estimate of drug-likeness (QED) is 0.552. The Kier molecular flexibility index (Phi) is 8.85. The molecule has 3 N–H and O–H groups in total. The summed E-state index contributed by atoms with van der Waals surface area (Å²) in [6.07, 6.45) is 1.28. The zero-order chi connectivity index (χ0) is 17.2. The lowest BCUT2D eigenvalue weighted by Gasteiger charge is -2.21. The maximum Gasteiger partial charge on any atom is 0.407 e. The van der Waals surface area contributed by atoms with Crippen molar-refractivity contribution in [1.29, 1.82) is 0 Å². The summed E-state index contributed by atoms with van der Waals surface area (Å²) in [6, 6.07) is 0. The molecular formula is C14H25N3O5. The molecule has 0 fully saturated rings. The Morgan fingerprint density at radius 1 is 1.09 bits per heavy atom. The number of alkyl carbamates (subject to hydrolysis) is 1. The summed E-state index contributed by atoms with van der Waals surface area (Å²) in [4.78, 5) is 34.8. The van der Waals surface area contributed by atoms with E-state index in [1.165, 1.54) is 0 Å². The first-order chi connectivity index (χ1) is 10.1. The van der Waals surface area contributed by atoms with Crippen molar-refractivity contribution >= 4 is 18.0 Å². The maximum absolute atomic E-state index is 11.4. The molecule has 0 heterocycles. The van der Waals surface area contributed by atoms with Gasteiger partial charge in [-0.3, -0.25) is 4.79 Å². The van der Waals surface area contributed by atoms with Crippen molar-refractivity contribution in [2.75, 3.05) is 33.2 Å². The van der Waals surface area contributed by atoms with Crippen LogP contribution in [0.5, 0.6) is 0 Å². The first-order valence-electron chi connectivity index (χ1n) is 6.94. The van der Waals surface area contributed by atoms with Crippen LogP contribution in [0.2, 0.25) is 0 Å². The van der Waals surface area contributed by atoms with Crippen LogP contribution in [0.15, 0.2) is 12.2 Å². The van der Waals surface area contributed by atoms with E-state index < -0.39 is 23.6 Å². The van der Waals surface area contributed by atoms with Gasteiger partial charge in [0.15, 0.2) is 0 Å². The zero-order valence-electron chi connectivity index (χ0n) is 13.5. The third kappa shape index (κ3) is 12.9. The highest BCUT2D eigenvalue weighted by atomic mass is 16.6. The zero-order valence-corrected chi connectivity index (χ0v) is 13.5. The van der Waals surface area contributed by atoms with Gasteiger partial charge < -0.3 is 25.4 Å². The minimum absolute atomic E-state index is 0.381. The molecule has 126 valence electrons. The Balaban J connectivity index is 3.74. The van der Waals surface area contributed by atoms with Crippen LogP contribution in [0, 0.1) is 0 Å². The number of nitrogens with zero attached hydrogens (tertiary/aromatic N) is 1. The molecular weight excluding hydrogens is 290 g/mol. The molecule has 0 bridgehead atoms. The molecule has 0 saturated carbocycles. The average molecular weight is 315 g/mol. The van der Waals surface area contributed by atoms with Crippen LogP contribution < -0.4 is 10.6 Å². The number of nitrogens with one attached hydrogen (secondary N) is 2. The highest BCUT2D eigenvalue weighted by Gasteiger charge is 2.15. The summed E-state index contributed by atoms with van der Waals surface area (Å²) in [5.41, 5.74) is -0.524. The number of hydrogen-bond acceptors (Lipinski definition) is 5. The number of carbonyl (C=O) groups is 3. The van der Waals surface area contributed by atoms with Crippen molar-refractivity contribution in [3.8, 4) is 0 Å². The van der Waals surface area contributed by atoms with Crippen molar-refractivity contribution in [1.82, 2.24) is 15.5 Å². The molecule has 8 heteroatoms. The Morgan fingerprint density at radius 2 is 1.64 bits per heavy atom. The van der Waals surface area contributed by atoms with E-state index in [9.17, 15) is 14.4 Å². The summed E-state index contributed by atoms with van der Waals surface area (Å²) in [7, 11) is 1.84. The molecule has 0 aromatic carbocycles. The van der Waals surface area contributed by atoms with Gasteiger partial charge in [-0.2, -0.15) is 0 Å². The van der Waals surface area contributed by atoms with Crippen LogP contribution >= 0.6 is 0 Å². The van der Waals surface area contributed by atoms with Crippen LogP contribution in [0.1, 0.15) is 20.8 Å². The Bertz CT molecular complexity index is 415. The monoisotopic (exact) mass is 315 g/mol. The molecule has 0 spiro atoms. The fraction of sp³-hybridized carbons (Fsp3) is 0.643. The van der Waals surface area contributed by atoms with Crippen molar-refractivity contribution in [2.45, 2.75) is 26.4 Å². The second-order valence-corrected chi connectivity index (χ2v) is 5.69. The lowest BCUT2D eigenvalue weighted by molar-refractivity contribution is -0.131. The first-order valence-corrected chi connectivity index (χ1v) is 6.94. The number of carboxylic acids is 1. The van der Waals surface area contributed by atoms with Crippen LogP contribution in [0.25, 0.3) is 0 Å². The number of ether oxygens (including phenoxy) is 1. The van der Waals surface area contributed by atoms with E-state index >= 15 is 0 Å². The molecule has 0 aliphatic carbocycles. The minimum atomic E-state index is -1.17. The molecule has 0 aromatic rings. The molecule has 22 heavy (non-hydrogen) atoms. The van der Waals surface area contributed by atoms with Crippen molar-refractivity contribution in [3.05, 3.63) is 12.2 Å². The molecule has 8 nitrogen and oxygen atoms in total. The number of likely N-dealkylation sites (N-methyl/N-ethyl adjacent to an activating group) is 1. The minimum Gasteiger partial charge on any atom is -0.478 e. The van der Waals surface area contributed by atoms with E-state index in [1.54, 1.807) is 20.8 Å². The fourth-order valence-electron chi connectivity index (χ4n) is 1.35. The van der Waals surface area contributed by atoms with Crippen LogP contribution in [0.4, 0.5) is 4.79 Å². The highest BCUT2D eigenvalue weighted by Crippen LogP contribution is 2.05. The van der Waals surface area contributed by atoms with E-state index in [1.807, 2.05) is 11.9 Å². The van der Waals surface area contributed by atoms with Crippen molar-refractivity contribution < 1.29 is 24.2 Å². The lowest BCUT2D eigenvalue weighted by atomic mass is 10.2. The number of carbonyl (C=O) groups excluding carboxylic acids is 2. The Hall–Kier alpha value is -2.09. The Labute approximate surface area is 130 Å². The van der Waals surface area contributed by atoms with E-state index in [0.29, 0.717) is 26.2 Å². The predicted molar refractivity (Wildman–Crippen MR) is 81.5 cm³/mol. The van der Waals surface area contributed by atoms with E-state index in [2.05, 4.69) is 10.6 Å². The highest BCUT2D eigenvalue weighted by molar-refractivity contribution is 5.93. The molecule has 0 aliphatic rings. The van der Waals surface area contributed by atoms with Gasteiger partial charge in [0.1, 0.15) is 5.60 Å². The maximum atomic E-state index is 11.4. The molecule has 0 aromatic heterocycles. The predicted octanol–water partition coefficient (Wildman–Crippen LogP) is 0.200. The summed E-state index contributed by atoms with van der Waals surface area (Å²) in [5, 5.41) is 13.6. The number of amides is 2. The number of hydrogen-bond donors (Lipinski definition) is 3. The second kappa shape index (κ2) is 9.78. The number of aliphatic carboxylic acids is 1. The smallest absolute Gasteiger partial charge is 0.407 e. The summed E-state index contributed by atoms with van der Waals surface area (Å²) in [6.45, 7) is 7.35. The molecule has 0 unspecified atom stereocenters. The second-order valence-electron chi connectivity index (χ2n) is 5.69. The van der Waals surface area contributed by atoms with Gasteiger partial charge in [-0.05, 0) is 27.8 Å². The van der Waals surface area contributed by atoms with Gasteiger partial charge in [0, 0.05) is 38.3 Å². The molecule has 0 radical (unpaired) electrons. The van der Waals surface area contributed by atoms with Gasteiger partial charge in [-0.15, -0.1) is 0 Å². The number of carboxylic acid groups (broad SMARTS) is 1. The number of rotatable bonds is 8. The topological polar surface area (TPSA) is 108 Å². The van der Waals surface area contributed by atoms with E-state index in [4.69, 9.17) is 9.84 Å². The molecule has 0 rings (SSSR count). The SMILES string of the molecule is CN(CCNC(=O)/C=C\C(=O)O)CCNC(=O)OC(C)(C)C. The van der Waals surface area contributed by atoms with Gasteiger partial charge in [-0.1, -0.05) is 0 Å². The van der Waals surface area contributed by atoms with Gasteiger partial charge >= 0.3 is 12.1 Å². The molecule has 2 amide bonds. The summed E-state index contributed by atoms with van der Waals surface area (Å²) >= 11 is 0. The normalized spacial score (nSPS) is 11.5. The van der Waals surface area contributed by atoms with Crippen LogP contribution in [0.3, 0.4) is 0 Å². The van der Waals surface area contributed by atoms with Crippen LogP contribution in [-0.2, 0) is 14.3 Å². The van der Waals surface area contributed by atoms with Gasteiger partial charge in [0.05, 0.1) is 0 Å². The lowest BCUT2D eigenvalue weighted by Crippen LogP contribution is -2.39. The van der Waals surface area contributed by atoms with Crippen molar-refractivity contribution in [2.24, 2.45) is 0 Å². The molecule has 0 aliphatic heterocycles. The third-order valence-electron chi connectivity index (χ3n) is 2.33. The van der Waals surface area contributed by atoms with Gasteiger partial charge in [0.2, 0.25) is 5.91 Å². The standard InChI is InChI=1S/C14H25N3O5/c1-14(2,3)22-13(21)16-8-10-17(4)9-7-15-11(18)5-6-12(19)20/h5-6H,7-10H2,1-4H3,(H,15,18)(H,16,21)(H,19,20)/b6-5-. The van der Waals surface area contributed by atoms with E-state index in [0.717, 1.165) is 12.2 Å². The summed E-state index contributed by atoms with van der Waals surface area (Å²) < 4.78 is 5.10. The fourth-order valence-corrected chi connectivity index (χ4v) is 1.35. The third-order valence-corrected chi connectivity index (χ3v) is 2.33.